The predicted molar refractivity (Wildman–Crippen MR) is 101 cm³/mol. The van der Waals surface area contributed by atoms with E-state index in [1.807, 2.05) is 18.2 Å². The number of carbonyl (C=O) groups is 1. The maximum absolute atomic E-state index is 11.8. The lowest BCUT2D eigenvalue weighted by Crippen LogP contribution is -2.47. The number of rotatable bonds is 7. The molecule has 0 atom stereocenters. The average Bonchev–Trinajstić information content (AvgIpc) is 2.70. The highest BCUT2D eigenvalue weighted by Gasteiger charge is 2.17. The van der Waals surface area contributed by atoms with Crippen molar-refractivity contribution in [3.63, 3.8) is 0 Å². The molecule has 26 heavy (non-hydrogen) atoms. The zero-order chi connectivity index (χ0) is 18.2. The Hall–Kier alpha value is -2.37. The number of piperazine rings is 1. The molecule has 0 saturated carbocycles. The second-order valence-corrected chi connectivity index (χ2v) is 6.44. The van der Waals surface area contributed by atoms with E-state index in [1.165, 1.54) is 12.7 Å². The largest absolute Gasteiger partial charge is 0.491 e. The summed E-state index contributed by atoms with van der Waals surface area (Å²) in [7, 11) is 1.38. The Labute approximate surface area is 155 Å². The van der Waals surface area contributed by atoms with Crippen LogP contribution < -0.4 is 4.74 Å². The summed E-state index contributed by atoms with van der Waals surface area (Å²) in [6.45, 7) is 6.63. The van der Waals surface area contributed by atoms with Crippen molar-refractivity contribution < 1.29 is 14.3 Å². The van der Waals surface area contributed by atoms with Gasteiger partial charge in [-0.25, -0.2) is 4.79 Å². The van der Waals surface area contributed by atoms with Crippen molar-refractivity contribution in [3.8, 4) is 5.75 Å². The summed E-state index contributed by atoms with van der Waals surface area (Å²) in [6, 6.07) is 17.8. The zero-order valence-electron chi connectivity index (χ0n) is 15.3. The Bertz CT molecular complexity index is 697. The van der Waals surface area contributed by atoms with E-state index in [0.717, 1.165) is 39.3 Å². The number of benzene rings is 2. The van der Waals surface area contributed by atoms with E-state index in [9.17, 15) is 4.79 Å². The van der Waals surface area contributed by atoms with Gasteiger partial charge in [-0.05, 0) is 17.7 Å². The van der Waals surface area contributed by atoms with Gasteiger partial charge in [-0.3, -0.25) is 9.80 Å². The van der Waals surface area contributed by atoms with Gasteiger partial charge in [-0.2, -0.15) is 0 Å². The van der Waals surface area contributed by atoms with Gasteiger partial charge in [0.05, 0.1) is 7.11 Å². The van der Waals surface area contributed by atoms with Crippen LogP contribution in [0.25, 0.3) is 0 Å². The minimum Gasteiger partial charge on any atom is -0.491 e. The van der Waals surface area contributed by atoms with Crippen LogP contribution in [0.4, 0.5) is 0 Å². The SMILES string of the molecule is COC(=O)c1ccccc1OCCN1CCN(Cc2ccccc2)CC1. The molecule has 0 radical (unpaired) electrons. The molecule has 5 nitrogen and oxygen atoms in total. The Kier molecular flexibility index (Phi) is 6.63. The van der Waals surface area contributed by atoms with Gasteiger partial charge >= 0.3 is 5.97 Å². The number of ether oxygens (including phenoxy) is 2. The Morgan fingerprint density at radius 3 is 2.31 bits per heavy atom. The summed E-state index contributed by atoms with van der Waals surface area (Å²) in [5, 5.41) is 0. The van der Waals surface area contributed by atoms with E-state index in [4.69, 9.17) is 9.47 Å². The van der Waals surface area contributed by atoms with Crippen LogP contribution in [0.2, 0.25) is 0 Å². The van der Waals surface area contributed by atoms with Gasteiger partial charge in [0.25, 0.3) is 0 Å². The van der Waals surface area contributed by atoms with E-state index >= 15 is 0 Å². The van der Waals surface area contributed by atoms with Crippen molar-refractivity contribution in [2.24, 2.45) is 0 Å². The summed E-state index contributed by atoms with van der Waals surface area (Å²) < 4.78 is 10.6. The minimum atomic E-state index is -0.366. The van der Waals surface area contributed by atoms with E-state index in [-0.39, 0.29) is 5.97 Å². The second-order valence-electron chi connectivity index (χ2n) is 6.44. The highest BCUT2D eigenvalue weighted by Crippen LogP contribution is 2.18. The normalized spacial score (nSPS) is 15.6. The fraction of sp³-hybridized carbons (Fsp3) is 0.381. The lowest BCUT2D eigenvalue weighted by atomic mass is 10.2. The number of para-hydroxylation sites is 1. The lowest BCUT2D eigenvalue weighted by molar-refractivity contribution is 0.0594. The number of carbonyl (C=O) groups excluding carboxylic acids is 1. The highest BCUT2D eigenvalue weighted by atomic mass is 16.5. The quantitative estimate of drug-likeness (QED) is 0.715. The fourth-order valence-corrected chi connectivity index (χ4v) is 3.17. The molecule has 5 heteroatoms. The maximum Gasteiger partial charge on any atom is 0.341 e. The van der Waals surface area contributed by atoms with Crippen molar-refractivity contribution in [2.45, 2.75) is 6.54 Å². The molecule has 1 fully saturated rings. The van der Waals surface area contributed by atoms with Gasteiger partial charge in [0.1, 0.15) is 17.9 Å². The van der Waals surface area contributed by atoms with Crippen molar-refractivity contribution in [1.29, 1.82) is 0 Å². The highest BCUT2D eigenvalue weighted by molar-refractivity contribution is 5.92. The van der Waals surface area contributed by atoms with Crippen molar-refractivity contribution in [3.05, 3.63) is 65.7 Å². The monoisotopic (exact) mass is 354 g/mol. The van der Waals surface area contributed by atoms with Crippen molar-refractivity contribution in [2.75, 3.05) is 46.4 Å². The molecule has 138 valence electrons. The Morgan fingerprint density at radius 1 is 0.923 bits per heavy atom. The van der Waals surface area contributed by atoms with Crippen LogP contribution in [0.15, 0.2) is 54.6 Å². The topological polar surface area (TPSA) is 42.0 Å². The first-order valence-electron chi connectivity index (χ1n) is 9.05. The molecule has 0 bridgehead atoms. The average molecular weight is 354 g/mol. The molecule has 1 saturated heterocycles. The second kappa shape index (κ2) is 9.36. The molecule has 0 spiro atoms. The molecule has 0 N–H and O–H groups in total. The number of methoxy groups -OCH3 is 1. The van der Waals surface area contributed by atoms with Gasteiger partial charge < -0.3 is 9.47 Å². The molecular formula is C21H26N2O3. The Morgan fingerprint density at radius 2 is 1.58 bits per heavy atom. The van der Waals surface area contributed by atoms with E-state index in [0.29, 0.717) is 17.9 Å². The number of hydrogen-bond donors (Lipinski definition) is 0. The molecule has 3 rings (SSSR count). The molecule has 2 aromatic rings. The van der Waals surface area contributed by atoms with Crippen LogP contribution in [-0.4, -0.2) is 62.2 Å². The van der Waals surface area contributed by atoms with Crippen LogP contribution >= 0.6 is 0 Å². The number of nitrogens with zero attached hydrogens (tertiary/aromatic N) is 2. The predicted octanol–water partition coefficient (Wildman–Crippen LogP) is 2.67. The minimum absolute atomic E-state index is 0.366. The fourth-order valence-electron chi connectivity index (χ4n) is 3.17. The summed E-state index contributed by atoms with van der Waals surface area (Å²) in [5.74, 6) is 0.220. The maximum atomic E-state index is 11.8. The molecule has 0 unspecified atom stereocenters. The standard InChI is InChI=1S/C21H26N2O3/c1-25-21(24)19-9-5-6-10-20(19)26-16-15-22-11-13-23(14-12-22)17-18-7-3-2-4-8-18/h2-10H,11-17H2,1H3. The summed E-state index contributed by atoms with van der Waals surface area (Å²) in [4.78, 5) is 16.7. The lowest BCUT2D eigenvalue weighted by Gasteiger charge is -2.34. The summed E-state index contributed by atoms with van der Waals surface area (Å²) in [6.07, 6.45) is 0. The van der Waals surface area contributed by atoms with Crippen LogP contribution in [0.5, 0.6) is 5.75 Å². The van der Waals surface area contributed by atoms with Gasteiger partial charge in [0.15, 0.2) is 0 Å². The first kappa shape index (κ1) is 18.4. The van der Waals surface area contributed by atoms with Crippen molar-refractivity contribution in [1.82, 2.24) is 9.80 Å². The van der Waals surface area contributed by atoms with Crippen LogP contribution in [-0.2, 0) is 11.3 Å². The van der Waals surface area contributed by atoms with Gasteiger partial charge in [0, 0.05) is 39.3 Å². The van der Waals surface area contributed by atoms with Gasteiger partial charge in [-0.1, -0.05) is 42.5 Å². The summed E-state index contributed by atoms with van der Waals surface area (Å²) >= 11 is 0. The van der Waals surface area contributed by atoms with E-state index in [1.54, 1.807) is 6.07 Å². The molecule has 1 aliphatic rings. The first-order chi connectivity index (χ1) is 12.8. The molecule has 2 aromatic carbocycles. The number of hydrogen-bond acceptors (Lipinski definition) is 5. The third-order valence-corrected chi connectivity index (χ3v) is 4.67. The molecule has 1 aliphatic heterocycles. The molecule has 0 aliphatic carbocycles. The molecule has 0 amide bonds. The first-order valence-corrected chi connectivity index (χ1v) is 9.05. The van der Waals surface area contributed by atoms with Gasteiger partial charge in [0.2, 0.25) is 0 Å². The number of esters is 1. The van der Waals surface area contributed by atoms with Crippen molar-refractivity contribution >= 4 is 5.97 Å². The third kappa shape index (κ3) is 5.07. The van der Waals surface area contributed by atoms with E-state index < -0.39 is 0 Å². The van der Waals surface area contributed by atoms with Crippen LogP contribution in [0.3, 0.4) is 0 Å². The molecular weight excluding hydrogens is 328 g/mol. The smallest absolute Gasteiger partial charge is 0.341 e. The van der Waals surface area contributed by atoms with Gasteiger partial charge in [-0.15, -0.1) is 0 Å². The molecule has 1 heterocycles. The van der Waals surface area contributed by atoms with Crippen LogP contribution in [0, 0.1) is 0 Å². The third-order valence-electron chi connectivity index (χ3n) is 4.67. The Balaban J connectivity index is 1.41. The molecule has 0 aromatic heterocycles. The van der Waals surface area contributed by atoms with Crippen LogP contribution in [0.1, 0.15) is 15.9 Å². The zero-order valence-corrected chi connectivity index (χ0v) is 15.3. The van der Waals surface area contributed by atoms with E-state index in [2.05, 4.69) is 40.1 Å². The summed E-state index contributed by atoms with van der Waals surface area (Å²) in [5.41, 5.74) is 1.84.